The summed E-state index contributed by atoms with van der Waals surface area (Å²) in [6, 6.07) is 13.9. The molecule has 2 fully saturated rings. The first-order chi connectivity index (χ1) is 17.7. The minimum absolute atomic E-state index is 0.00644. The van der Waals surface area contributed by atoms with Crippen molar-refractivity contribution in [1.29, 1.82) is 0 Å². The number of benzene rings is 2. The van der Waals surface area contributed by atoms with E-state index in [1.165, 1.54) is 11.1 Å². The second-order valence-corrected chi connectivity index (χ2v) is 12.1. The van der Waals surface area contributed by atoms with Gasteiger partial charge in [0.1, 0.15) is 0 Å². The molecule has 0 unspecified atom stereocenters. The molecule has 5 atom stereocenters. The van der Waals surface area contributed by atoms with Gasteiger partial charge in [-0.3, -0.25) is 9.59 Å². The van der Waals surface area contributed by atoms with E-state index in [0.717, 1.165) is 24.8 Å². The highest BCUT2D eigenvalue weighted by molar-refractivity contribution is 6.00. The summed E-state index contributed by atoms with van der Waals surface area (Å²) < 4.78 is 0. The molecular weight excluding hydrogens is 466 g/mol. The van der Waals surface area contributed by atoms with Gasteiger partial charge >= 0.3 is 0 Å². The first-order valence-electron chi connectivity index (χ1n) is 13.6. The van der Waals surface area contributed by atoms with Crippen LogP contribution >= 0.6 is 0 Å². The molecule has 4 aliphatic rings. The van der Waals surface area contributed by atoms with Crippen LogP contribution in [0.2, 0.25) is 0 Å². The molecule has 2 saturated heterocycles. The third kappa shape index (κ3) is 4.37. The zero-order valence-electron chi connectivity index (χ0n) is 21.7. The Kier molecular flexibility index (Phi) is 6.13. The van der Waals surface area contributed by atoms with E-state index in [0.29, 0.717) is 37.1 Å². The number of β-amino-alcohol motifs (C(OH)–C–C–N with tert-alkyl or cyclic N) is 1. The molecule has 0 saturated carbocycles. The third-order valence-electron chi connectivity index (χ3n) is 9.03. The number of fused-ring (bicyclic) bond motifs is 4. The Labute approximate surface area is 218 Å². The van der Waals surface area contributed by atoms with Crippen LogP contribution in [0.25, 0.3) is 0 Å². The predicted octanol–water partition coefficient (Wildman–Crippen LogP) is 2.62. The zero-order valence-corrected chi connectivity index (χ0v) is 21.7. The van der Waals surface area contributed by atoms with Crippen LogP contribution in [0.3, 0.4) is 0 Å². The molecule has 6 rings (SSSR count). The second kappa shape index (κ2) is 9.22. The number of piperidine rings is 1. The van der Waals surface area contributed by atoms with Gasteiger partial charge in [-0.2, -0.15) is 0 Å². The van der Waals surface area contributed by atoms with E-state index in [1.807, 2.05) is 23.1 Å². The summed E-state index contributed by atoms with van der Waals surface area (Å²) in [4.78, 5) is 30.8. The van der Waals surface area contributed by atoms with E-state index in [2.05, 4.69) is 31.3 Å². The van der Waals surface area contributed by atoms with Gasteiger partial charge in [-0.1, -0.05) is 38.1 Å². The Morgan fingerprint density at radius 1 is 1.11 bits per heavy atom. The van der Waals surface area contributed by atoms with Crippen LogP contribution in [0.5, 0.6) is 0 Å². The summed E-state index contributed by atoms with van der Waals surface area (Å²) in [5.74, 6) is -0.0864. The van der Waals surface area contributed by atoms with Crippen molar-refractivity contribution in [3.63, 3.8) is 0 Å². The molecular formula is C30H37N3O4. The molecule has 0 radical (unpaired) electrons. The fraction of sp³-hybridized carbons (Fsp3) is 0.533. The van der Waals surface area contributed by atoms with Gasteiger partial charge < -0.3 is 25.3 Å². The molecule has 0 aliphatic carbocycles. The van der Waals surface area contributed by atoms with Gasteiger partial charge in [-0.05, 0) is 67.0 Å². The number of rotatable bonds is 4. The summed E-state index contributed by atoms with van der Waals surface area (Å²) in [6.45, 7) is 5.66. The largest absolute Gasteiger partial charge is 0.393 e. The summed E-state index contributed by atoms with van der Waals surface area (Å²) in [7, 11) is 0. The van der Waals surface area contributed by atoms with E-state index in [9.17, 15) is 19.8 Å². The predicted molar refractivity (Wildman–Crippen MR) is 140 cm³/mol. The van der Waals surface area contributed by atoms with Gasteiger partial charge in [0.05, 0.1) is 12.2 Å². The molecule has 2 bridgehead atoms. The first-order valence-corrected chi connectivity index (χ1v) is 13.6. The van der Waals surface area contributed by atoms with Gasteiger partial charge in [0.15, 0.2) is 0 Å². The number of aliphatic hydroxyl groups excluding tert-OH is 2. The van der Waals surface area contributed by atoms with Crippen LogP contribution in [0.1, 0.15) is 76.9 Å². The number of hydrogen-bond donors (Lipinski definition) is 3. The molecule has 196 valence electrons. The average Bonchev–Trinajstić information content (AvgIpc) is 3.16. The molecule has 7 heteroatoms. The quantitative estimate of drug-likeness (QED) is 0.597. The lowest BCUT2D eigenvalue weighted by Gasteiger charge is -2.42. The number of nitrogens with zero attached hydrogens (tertiary/aromatic N) is 2. The van der Waals surface area contributed by atoms with Crippen molar-refractivity contribution in [2.45, 2.75) is 88.2 Å². The summed E-state index contributed by atoms with van der Waals surface area (Å²) in [5.41, 5.74) is 4.26. The molecule has 7 nitrogen and oxygen atoms in total. The minimum atomic E-state index is -0.680. The molecule has 0 aromatic heterocycles. The fourth-order valence-electron chi connectivity index (χ4n) is 7.11. The third-order valence-corrected chi connectivity index (χ3v) is 9.03. The Morgan fingerprint density at radius 3 is 2.54 bits per heavy atom. The minimum Gasteiger partial charge on any atom is -0.393 e. The number of hydrogen-bond acceptors (Lipinski definition) is 5. The number of carbonyl (C=O) groups excluding carboxylic acids is 2. The highest BCUT2D eigenvalue weighted by atomic mass is 16.3. The maximum Gasteiger partial charge on any atom is 0.254 e. The molecule has 3 N–H and O–H groups in total. The molecule has 2 aromatic carbocycles. The van der Waals surface area contributed by atoms with Crippen LogP contribution in [-0.4, -0.2) is 75.3 Å². The first kappa shape index (κ1) is 24.6. The average molecular weight is 504 g/mol. The van der Waals surface area contributed by atoms with Crippen LogP contribution in [0.15, 0.2) is 42.5 Å². The van der Waals surface area contributed by atoms with Crippen LogP contribution in [0.4, 0.5) is 0 Å². The molecule has 0 spiro atoms. The van der Waals surface area contributed by atoms with E-state index in [-0.39, 0.29) is 48.0 Å². The van der Waals surface area contributed by atoms with Gasteiger partial charge in [-0.15, -0.1) is 0 Å². The van der Waals surface area contributed by atoms with Crippen molar-refractivity contribution in [1.82, 2.24) is 15.1 Å². The highest BCUT2D eigenvalue weighted by Crippen LogP contribution is 2.39. The van der Waals surface area contributed by atoms with E-state index < -0.39 is 6.10 Å². The number of carbonyl (C=O) groups is 2. The highest BCUT2D eigenvalue weighted by Gasteiger charge is 2.44. The van der Waals surface area contributed by atoms with E-state index >= 15 is 0 Å². The fourth-order valence-corrected chi connectivity index (χ4v) is 7.11. The molecule has 37 heavy (non-hydrogen) atoms. The van der Waals surface area contributed by atoms with Crippen molar-refractivity contribution in [2.75, 3.05) is 13.1 Å². The second-order valence-electron chi connectivity index (χ2n) is 12.1. The Morgan fingerprint density at radius 2 is 1.81 bits per heavy atom. The van der Waals surface area contributed by atoms with Crippen LogP contribution < -0.4 is 5.32 Å². The summed E-state index contributed by atoms with van der Waals surface area (Å²) in [6.07, 6.45) is 2.93. The van der Waals surface area contributed by atoms with Gasteiger partial charge in [0, 0.05) is 54.3 Å². The maximum atomic E-state index is 13.5. The number of nitrogens with one attached hydrogen (secondary N) is 1. The van der Waals surface area contributed by atoms with Crippen molar-refractivity contribution in [3.05, 3.63) is 70.3 Å². The Bertz CT molecular complexity index is 1210. The lowest BCUT2D eigenvalue weighted by Crippen LogP contribution is -2.54. The van der Waals surface area contributed by atoms with Crippen molar-refractivity contribution >= 4 is 11.8 Å². The standard InChI is InChI=1S/C30H37N3O4/c1-30(2)17-32(16-27(35)26-12-18-5-3-4-6-20(18)15-31-26)29(37)24-10-7-19(11-25(24)30)28(36)33-21-8-9-22(33)14-23(34)13-21/h3-7,10-11,21-23,26-27,31,34-35H,8-9,12-17H2,1-2H3/t21-,22+,23-,26-,27+/m0/s1. The monoisotopic (exact) mass is 503 g/mol. The molecule has 2 amide bonds. The normalized spacial score (nSPS) is 29.0. The smallest absolute Gasteiger partial charge is 0.254 e. The van der Waals surface area contributed by atoms with Crippen molar-refractivity contribution in [3.8, 4) is 0 Å². The summed E-state index contributed by atoms with van der Waals surface area (Å²) in [5, 5.41) is 24.7. The lowest BCUT2D eigenvalue weighted by atomic mass is 9.77. The topological polar surface area (TPSA) is 93.1 Å². The molecule has 2 aromatic rings. The van der Waals surface area contributed by atoms with E-state index in [4.69, 9.17) is 0 Å². The van der Waals surface area contributed by atoms with Crippen molar-refractivity contribution < 1.29 is 19.8 Å². The molecule has 4 aliphatic heterocycles. The maximum absolute atomic E-state index is 13.5. The van der Waals surface area contributed by atoms with Gasteiger partial charge in [-0.25, -0.2) is 0 Å². The summed E-state index contributed by atoms with van der Waals surface area (Å²) >= 11 is 0. The zero-order chi connectivity index (χ0) is 25.9. The number of aliphatic hydroxyl groups is 2. The molecule has 4 heterocycles. The van der Waals surface area contributed by atoms with Crippen LogP contribution in [-0.2, 0) is 18.4 Å². The van der Waals surface area contributed by atoms with Gasteiger partial charge in [0.2, 0.25) is 0 Å². The number of amides is 2. The van der Waals surface area contributed by atoms with Crippen LogP contribution in [0, 0.1) is 0 Å². The lowest BCUT2D eigenvalue weighted by molar-refractivity contribution is 0.0286. The Balaban J connectivity index is 1.19. The van der Waals surface area contributed by atoms with Crippen molar-refractivity contribution in [2.24, 2.45) is 0 Å². The SMILES string of the molecule is CC1(C)CN(C[C@@H](O)[C@@H]2Cc3ccccc3CN2)C(=O)c2ccc(C(=O)N3[C@@H]4CC[C@H]3C[C@H](O)C4)cc21. The van der Waals surface area contributed by atoms with E-state index in [1.54, 1.807) is 17.0 Å². The van der Waals surface area contributed by atoms with Gasteiger partial charge in [0.25, 0.3) is 11.8 Å². The Hall–Kier alpha value is -2.74.